The summed E-state index contributed by atoms with van der Waals surface area (Å²) < 4.78 is 7.07. The first kappa shape index (κ1) is 34.5. The zero-order chi connectivity index (χ0) is 37.3. The van der Waals surface area contributed by atoms with E-state index in [1.165, 1.54) is 23.8 Å². The summed E-state index contributed by atoms with van der Waals surface area (Å²) in [5.41, 5.74) is 20.1. The number of fused-ring (bicyclic) bond motifs is 5. The van der Waals surface area contributed by atoms with Crippen LogP contribution in [0.15, 0.2) is 131 Å². The quantitative estimate of drug-likeness (QED) is 0.280. The minimum absolute atomic E-state index is 0.0288. The van der Waals surface area contributed by atoms with Gasteiger partial charge >= 0.3 is 5.97 Å². The van der Waals surface area contributed by atoms with Gasteiger partial charge in [0.25, 0.3) is 0 Å². The smallest absolute Gasteiger partial charge is 0.305 e. The molecule has 9 nitrogen and oxygen atoms in total. The van der Waals surface area contributed by atoms with Crippen LogP contribution >= 0.6 is 0 Å². The number of aliphatic imine (C=N–C) groups is 3. The molecule has 8 bridgehead atoms. The van der Waals surface area contributed by atoms with E-state index in [0.29, 0.717) is 37.9 Å². The molecule has 1 aromatic carbocycles. The van der Waals surface area contributed by atoms with Crippen LogP contribution in [0.5, 0.6) is 0 Å². The molecule has 53 heavy (non-hydrogen) atoms. The Morgan fingerprint density at radius 3 is 2.34 bits per heavy atom. The van der Waals surface area contributed by atoms with Crippen LogP contribution in [0.25, 0.3) is 5.69 Å². The molecule has 1 saturated heterocycles. The van der Waals surface area contributed by atoms with Crippen molar-refractivity contribution >= 4 is 23.1 Å². The van der Waals surface area contributed by atoms with Gasteiger partial charge in [0, 0.05) is 59.0 Å². The summed E-state index contributed by atoms with van der Waals surface area (Å²) >= 11 is 0. The number of nitrogens with one attached hydrogen (secondary N) is 1. The topological polar surface area (TPSA) is 113 Å². The average Bonchev–Trinajstić information content (AvgIpc) is 3.96. The second-order valence-electron chi connectivity index (χ2n) is 14.9. The van der Waals surface area contributed by atoms with Gasteiger partial charge < -0.3 is 15.2 Å². The molecule has 1 atom stereocenters. The van der Waals surface area contributed by atoms with Gasteiger partial charge in [0.2, 0.25) is 0 Å². The van der Waals surface area contributed by atoms with E-state index in [4.69, 9.17) is 24.8 Å². The number of carbonyl (C=O) groups excluding carboxylic acids is 1. The number of nitrogens with zero attached hydrogens (tertiary/aromatic N) is 5. The minimum atomic E-state index is -0.232. The summed E-state index contributed by atoms with van der Waals surface area (Å²) in [4.78, 5) is 28.0. The van der Waals surface area contributed by atoms with E-state index in [9.17, 15) is 9.90 Å². The van der Waals surface area contributed by atoms with Crippen LogP contribution in [0.2, 0.25) is 0 Å². The van der Waals surface area contributed by atoms with Crippen molar-refractivity contribution < 1.29 is 14.6 Å². The van der Waals surface area contributed by atoms with E-state index in [-0.39, 0.29) is 11.9 Å². The molecule has 1 unspecified atom stereocenters. The van der Waals surface area contributed by atoms with Gasteiger partial charge in [-0.25, -0.2) is 19.7 Å². The summed E-state index contributed by atoms with van der Waals surface area (Å²) in [6, 6.07) is 8.48. The molecule has 0 saturated carbocycles. The van der Waals surface area contributed by atoms with Gasteiger partial charge in [-0.15, -0.1) is 0 Å². The highest BCUT2D eigenvalue weighted by molar-refractivity contribution is 6.21. The van der Waals surface area contributed by atoms with Crippen LogP contribution in [-0.4, -0.2) is 45.1 Å². The molecule has 6 heterocycles. The Balaban J connectivity index is 1.28. The first-order valence-electron chi connectivity index (χ1n) is 18.6. The zero-order valence-corrected chi connectivity index (χ0v) is 31.9. The maximum atomic E-state index is 12.3. The maximum absolute atomic E-state index is 12.3. The van der Waals surface area contributed by atoms with Crippen molar-refractivity contribution in [2.45, 2.75) is 87.0 Å². The van der Waals surface area contributed by atoms with E-state index in [0.717, 1.165) is 103 Å². The molecule has 5 aliphatic heterocycles. The Kier molecular flexibility index (Phi) is 8.55. The molecule has 2 N–H and O–H groups in total. The number of aromatic nitrogens is 2. The molecule has 2 aromatic rings. The first-order valence-corrected chi connectivity index (χ1v) is 18.6. The Bertz CT molecular complexity index is 2380. The number of benzene rings is 1. The van der Waals surface area contributed by atoms with E-state index in [2.05, 4.69) is 89.4 Å². The fourth-order valence-corrected chi connectivity index (χ4v) is 8.51. The second-order valence-corrected chi connectivity index (χ2v) is 14.9. The fraction of sp³-hybridized carbons (Fsp3) is 0.341. The Labute approximate surface area is 311 Å². The van der Waals surface area contributed by atoms with Crippen LogP contribution in [-0.2, 0) is 16.0 Å². The maximum Gasteiger partial charge on any atom is 0.305 e. The van der Waals surface area contributed by atoms with Crippen molar-refractivity contribution in [3.05, 3.63) is 138 Å². The Hall–Kier alpha value is -5.57. The number of aliphatic hydroxyl groups excluding tert-OH is 1. The highest BCUT2D eigenvalue weighted by Gasteiger charge is 2.39. The lowest BCUT2D eigenvalue weighted by atomic mass is 9.93. The number of ether oxygens (including phenoxy) is 1. The molecular weight excluding hydrogens is 661 g/mol. The van der Waals surface area contributed by atoms with E-state index in [1.54, 1.807) is 0 Å². The van der Waals surface area contributed by atoms with E-state index >= 15 is 0 Å². The molecule has 0 amide bonds. The molecule has 8 rings (SSSR count). The molecule has 270 valence electrons. The molecule has 1 fully saturated rings. The van der Waals surface area contributed by atoms with Crippen molar-refractivity contribution in [3.8, 4) is 5.69 Å². The number of aryl methyl sites for hydroxylation is 2. The summed E-state index contributed by atoms with van der Waals surface area (Å²) in [6.07, 6.45) is 9.90. The fourth-order valence-electron chi connectivity index (χ4n) is 8.51. The Morgan fingerprint density at radius 1 is 0.925 bits per heavy atom. The highest BCUT2D eigenvalue weighted by Crippen LogP contribution is 2.45. The standard InChI is InChI=1S/C44H46N6O3/c1-9-31-23(3)36-20-39-32(18-33-26(6)49-50(27(33)7)30-13-10-22(2)11-14-30)24(4)35(46-39)17-29-16-28(12-15-41(52)53-8)43(45-29)34-19-40(51)42-25(5)37(48-44(34)42)21-38(31)47-36/h10-11,13-14,17,20-21,28,45,51H,9,12,15-16,18-19H2,1-8H3. The number of rotatable bonds is 7. The summed E-state index contributed by atoms with van der Waals surface area (Å²) in [6.45, 7) is 14.8. The van der Waals surface area contributed by atoms with Gasteiger partial charge in [-0.05, 0) is 119 Å². The number of hydrogen-bond donors (Lipinski definition) is 2. The molecule has 0 spiro atoms. The predicted molar refractivity (Wildman–Crippen MR) is 210 cm³/mol. The van der Waals surface area contributed by atoms with Crippen molar-refractivity contribution in [2.24, 2.45) is 20.9 Å². The Morgan fingerprint density at radius 2 is 1.62 bits per heavy atom. The van der Waals surface area contributed by atoms with Gasteiger partial charge in [-0.1, -0.05) is 24.6 Å². The van der Waals surface area contributed by atoms with Gasteiger partial charge in [0.1, 0.15) is 5.76 Å². The SMILES string of the molecule is CCC1=C(C)C2=NC1=CC1=C(C)C3=C(O)CC(=C4NC(=CC5=NC(=C2)C(Cc2c(C)nn(-c6ccc(C)cc6)c2C)=C5C)CC4CCC(=O)OC)C3=N1. The number of esters is 1. The van der Waals surface area contributed by atoms with Crippen LogP contribution in [0, 0.1) is 26.7 Å². The number of allylic oxidation sites excluding steroid dienone is 12. The van der Waals surface area contributed by atoms with Gasteiger partial charge in [-0.3, -0.25) is 4.79 Å². The molecule has 1 aliphatic carbocycles. The molecular formula is C44H46N6O3. The van der Waals surface area contributed by atoms with Crippen LogP contribution in [0.1, 0.15) is 82.3 Å². The monoisotopic (exact) mass is 706 g/mol. The number of carbonyl (C=O) groups is 1. The van der Waals surface area contributed by atoms with E-state index in [1.807, 2.05) is 11.6 Å². The second kappa shape index (κ2) is 13.1. The van der Waals surface area contributed by atoms with Crippen molar-refractivity contribution in [2.75, 3.05) is 7.11 Å². The van der Waals surface area contributed by atoms with Gasteiger partial charge in [0.15, 0.2) is 0 Å². The summed E-state index contributed by atoms with van der Waals surface area (Å²) in [5, 5.41) is 20.1. The third-order valence-electron chi connectivity index (χ3n) is 11.6. The van der Waals surface area contributed by atoms with Crippen molar-refractivity contribution in [1.29, 1.82) is 0 Å². The normalized spacial score (nSPS) is 20.6. The lowest BCUT2D eigenvalue weighted by molar-refractivity contribution is -0.140. The van der Waals surface area contributed by atoms with Crippen molar-refractivity contribution in [1.82, 2.24) is 15.1 Å². The third kappa shape index (κ3) is 5.83. The molecule has 0 radical (unpaired) electrons. The minimum Gasteiger partial charge on any atom is -0.511 e. The average molecular weight is 707 g/mol. The number of hydrogen-bond acceptors (Lipinski definition) is 8. The molecule has 6 aliphatic rings. The number of methoxy groups -OCH3 is 1. The lowest BCUT2D eigenvalue weighted by Gasteiger charge is -2.14. The largest absolute Gasteiger partial charge is 0.511 e. The van der Waals surface area contributed by atoms with Crippen molar-refractivity contribution in [3.63, 3.8) is 0 Å². The van der Waals surface area contributed by atoms with Gasteiger partial charge in [0.05, 0.1) is 52.7 Å². The lowest BCUT2D eigenvalue weighted by Crippen LogP contribution is -2.15. The number of aliphatic hydroxyl groups is 1. The first-order chi connectivity index (χ1) is 25.4. The van der Waals surface area contributed by atoms with Crippen LogP contribution in [0.4, 0.5) is 0 Å². The summed E-state index contributed by atoms with van der Waals surface area (Å²) in [5.74, 6) is 0.125. The predicted octanol–water partition coefficient (Wildman–Crippen LogP) is 8.72. The molecule has 1 aromatic heterocycles. The highest BCUT2D eigenvalue weighted by atomic mass is 16.5. The van der Waals surface area contributed by atoms with Gasteiger partial charge in [-0.2, -0.15) is 5.10 Å². The molecule has 9 heteroatoms. The van der Waals surface area contributed by atoms with E-state index < -0.39 is 0 Å². The zero-order valence-electron chi connectivity index (χ0n) is 31.9. The third-order valence-corrected chi connectivity index (χ3v) is 11.6. The van der Waals surface area contributed by atoms with Crippen LogP contribution < -0.4 is 5.32 Å². The summed E-state index contributed by atoms with van der Waals surface area (Å²) in [7, 11) is 1.43. The van der Waals surface area contributed by atoms with Crippen LogP contribution in [0.3, 0.4) is 0 Å².